The van der Waals surface area contributed by atoms with E-state index in [0.29, 0.717) is 27.1 Å². The number of carbonyl (C=O) groups is 1. The maximum atomic E-state index is 12.6. The molecule has 0 N–H and O–H groups in total. The number of rotatable bonds is 6. The Labute approximate surface area is 160 Å². The van der Waals surface area contributed by atoms with Crippen molar-refractivity contribution in [2.75, 3.05) is 18.6 Å². The minimum absolute atomic E-state index is 0.0399. The molecule has 1 fully saturated rings. The summed E-state index contributed by atoms with van der Waals surface area (Å²) in [5, 5.41) is 0.711. The number of nitrogens with zero attached hydrogens (tertiary/aromatic N) is 2. The highest BCUT2D eigenvalue weighted by atomic mass is 35.5. The molecule has 3 rings (SSSR count). The van der Waals surface area contributed by atoms with Crippen LogP contribution in [0.2, 0.25) is 10.0 Å². The van der Waals surface area contributed by atoms with Crippen LogP contribution >= 0.6 is 35.0 Å². The van der Waals surface area contributed by atoms with E-state index in [9.17, 15) is 4.79 Å². The molecule has 132 valence electrons. The van der Waals surface area contributed by atoms with Crippen molar-refractivity contribution >= 4 is 40.7 Å². The quantitative estimate of drug-likeness (QED) is 0.682. The lowest BCUT2D eigenvalue weighted by Gasteiger charge is -2.16. The van der Waals surface area contributed by atoms with Crippen LogP contribution in [0.5, 0.6) is 11.5 Å². The van der Waals surface area contributed by atoms with Crippen molar-refractivity contribution in [1.82, 2.24) is 9.97 Å². The Morgan fingerprint density at radius 3 is 2.68 bits per heavy atom. The summed E-state index contributed by atoms with van der Waals surface area (Å²) in [5.41, 5.74) is 0.820. The van der Waals surface area contributed by atoms with Crippen LogP contribution in [0, 0.1) is 0 Å². The summed E-state index contributed by atoms with van der Waals surface area (Å²) in [6, 6.07) is 1.62. The van der Waals surface area contributed by atoms with E-state index >= 15 is 0 Å². The second kappa shape index (κ2) is 8.25. The van der Waals surface area contributed by atoms with Crippen LogP contribution in [0.3, 0.4) is 0 Å². The first kappa shape index (κ1) is 18.3. The lowest BCUT2D eigenvalue weighted by atomic mass is 10.1. The second-order valence-corrected chi connectivity index (χ2v) is 7.47. The number of ether oxygens (including phenoxy) is 2. The highest BCUT2D eigenvalue weighted by Crippen LogP contribution is 2.31. The van der Waals surface area contributed by atoms with Gasteiger partial charge >= 0.3 is 0 Å². The number of ketones is 1. The van der Waals surface area contributed by atoms with Gasteiger partial charge in [0.2, 0.25) is 0 Å². The summed E-state index contributed by atoms with van der Waals surface area (Å²) < 4.78 is 11.3. The van der Waals surface area contributed by atoms with Crippen molar-refractivity contribution in [3.8, 4) is 11.5 Å². The SMILES string of the molecule is COc1cnc(C(=O)Cc2c(Cl)cncc2Cl)cc1OC1CCSC1. The number of Topliss-reactive ketones (excluding diaryl/α,β-unsaturated/α-hetero) is 1. The number of hydrogen-bond acceptors (Lipinski definition) is 6. The summed E-state index contributed by atoms with van der Waals surface area (Å²) in [6.45, 7) is 0. The smallest absolute Gasteiger partial charge is 0.185 e. The number of hydrogen-bond donors (Lipinski definition) is 0. The molecule has 0 aromatic carbocycles. The molecule has 0 aliphatic carbocycles. The van der Waals surface area contributed by atoms with Crippen LogP contribution in [0.4, 0.5) is 0 Å². The van der Waals surface area contributed by atoms with Gasteiger partial charge in [-0.05, 0) is 12.2 Å². The summed E-state index contributed by atoms with van der Waals surface area (Å²) in [5.74, 6) is 2.83. The van der Waals surface area contributed by atoms with Crippen molar-refractivity contribution in [3.05, 3.63) is 46.0 Å². The fraction of sp³-hybridized carbons (Fsp3) is 0.353. The minimum atomic E-state index is -0.205. The van der Waals surface area contributed by atoms with Gasteiger partial charge in [0.25, 0.3) is 0 Å². The normalized spacial score (nSPS) is 16.7. The fourth-order valence-electron chi connectivity index (χ4n) is 2.47. The molecule has 1 unspecified atom stereocenters. The zero-order valence-corrected chi connectivity index (χ0v) is 15.8. The fourth-order valence-corrected chi connectivity index (χ4v) is 4.06. The highest BCUT2D eigenvalue weighted by Gasteiger charge is 2.21. The zero-order valence-electron chi connectivity index (χ0n) is 13.5. The van der Waals surface area contributed by atoms with Crippen molar-refractivity contribution in [1.29, 1.82) is 0 Å². The van der Waals surface area contributed by atoms with Crippen LogP contribution in [-0.2, 0) is 6.42 Å². The average Bonchev–Trinajstić information content (AvgIpc) is 3.11. The molecule has 2 aromatic rings. The van der Waals surface area contributed by atoms with E-state index in [1.54, 1.807) is 13.2 Å². The van der Waals surface area contributed by atoms with E-state index in [4.69, 9.17) is 32.7 Å². The number of halogens is 2. The number of aromatic nitrogens is 2. The van der Waals surface area contributed by atoms with Gasteiger partial charge in [0.05, 0.1) is 23.4 Å². The van der Waals surface area contributed by atoms with Gasteiger partial charge in [0.15, 0.2) is 17.3 Å². The summed E-state index contributed by atoms with van der Waals surface area (Å²) in [7, 11) is 1.55. The third kappa shape index (κ3) is 4.37. The Morgan fingerprint density at radius 2 is 2.04 bits per heavy atom. The van der Waals surface area contributed by atoms with Gasteiger partial charge < -0.3 is 9.47 Å². The van der Waals surface area contributed by atoms with E-state index in [0.717, 1.165) is 17.9 Å². The summed E-state index contributed by atoms with van der Waals surface area (Å²) >= 11 is 14.0. The van der Waals surface area contributed by atoms with Crippen LogP contribution in [0.15, 0.2) is 24.7 Å². The first-order valence-corrected chi connectivity index (χ1v) is 9.59. The molecular formula is C17H16Cl2N2O3S. The predicted octanol–water partition coefficient (Wildman–Crippen LogP) is 4.10. The molecule has 0 radical (unpaired) electrons. The molecule has 0 saturated carbocycles. The predicted molar refractivity (Wildman–Crippen MR) is 99.4 cm³/mol. The molecule has 8 heteroatoms. The molecule has 25 heavy (non-hydrogen) atoms. The monoisotopic (exact) mass is 398 g/mol. The molecule has 1 saturated heterocycles. The van der Waals surface area contributed by atoms with Crippen molar-refractivity contribution in [2.45, 2.75) is 18.9 Å². The summed E-state index contributed by atoms with van der Waals surface area (Å²) in [4.78, 5) is 20.7. The lowest BCUT2D eigenvalue weighted by Crippen LogP contribution is -2.16. The van der Waals surface area contributed by atoms with E-state index in [2.05, 4.69) is 9.97 Å². The number of thioether (sulfide) groups is 1. The van der Waals surface area contributed by atoms with Crippen molar-refractivity contribution in [3.63, 3.8) is 0 Å². The lowest BCUT2D eigenvalue weighted by molar-refractivity contribution is 0.0987. The molecular weight excluding hydrogens is 383 g/mol. The van der Waals surface area contributed by atoms with Crippen molar-refractivity contribution in [2.24, 2.45) is 0 Å². The third-order valence-corrected chi connectivity index (χ3v) is 5.59. The van der Waals surface area contributed by atoms with E-state index in [1.165, 1.54) is 18.6 Å². The Balaban J connectivity index is 1.82. The standard InChI is InChI=1S/C17H16Cl2N2O3S/c1-23-17-8-21-14(5-16(17)24-10-2-3-25-9-10)15(22)4-11-12(18)6-20-7-13(11)19/h5-8,10H,2-4,9H2,1H3. The average molecular weight is 399 g/mol. The van der Waals surface area contributed by atoms with Gasteiger partial charge in [0, 0.05) is 36.2 Å². The molecule has 3 heterocycles. The number of methoxy groups -OCH3 is 1. The maximum Gasteiger partial charge on any atom is 0.185 e. The molecule has 1 aliphatic rings. The minimum Gasteiger partial charge on any atom is -0.491 e. The Morgan fingerprint density at radius 1 is 1.28 bits per heavy atom. The number of carbonyl (C=O) groups excluding carboxylic acids is 1. The largest absolute Gasteiger partial charge is 0.491 e. The van der Waals surface area contributed by atoms with Gasteiger partial charge in [0.1, 0.15) is 11.8 Å². The van der Waals surface area contributed by atoms with Crippen LogP contribution in [0.25, 0.3) is 0 Å². The highest BCUT2D eigenvalue weighted by molar-refractivity contribution is 7.99. The van der Waals surface area contributed by atoms with E-state index in [-0.39, 0.29) is 24.0 Å². The van der Waals surface area contributed by atoms with Gasteiger partial charge in [-0.25, -0.2) is 4.98 Å². The summed E-state index contributed by atoms with van der Waals surface area (Å²) in [6.07, 6.45) is 5.56. The first-order valence-electron chi connectivity index (χ1n) is 7.68. The van der Waals surface area contributed by atoms with Crippen LogP contribution in [0.1, 0.15) is 22.5 Å². The molecule has 2 aromatic heterocycles. The van der Waals surface area contributed by atoms with Gasteiger partial charge in [-0.15, -0.1) is 0 Å². The maximum absolute atomic E-state index is 12.6. The van der Waals surface area contributed by atoms with Gasteiger partial charge in [-0.1, -0.05) is 23.2 Å². The Bertz CT molecular complexity index is 762. The van der Waals surface area contributed by atoms with E-state index in [1.807, 2.05) is 11.8 Å². The molecule has 0 bridgehead atoms. The van der Waals surface area contributed by atoms with Crippen molar-refractivity contribution < 1.29 is 14.3 Å². The Kier molecular flexibility index (Phi) is 6.04. The van der Waals surface area contributed by atoms with E-state index < -0.39 is 0 Å². The molecule has 1 atom stereocenters. The van der Waals surface area contributed by atoms with Gasteiger partial charge in [-0.2, -0.15) is 11.8 Å². The molecule has 0 spiro atoms. The second-order valence-electron chi connectivity index (χ2n) is 5.51. The molecule has 1 aliphatic heterocycles. The first-order chi connectivity index (χ1) is 12.1. The number of pyridine rings is 2. The van der Waals surface area contributed by atoms with Gasteiger partial charge in [-0.3, -0.25) is 9.78 Å². The van der Waals surface area contributed by atoms with Crippen LogP contribution < -0.4 is 9.47 Å². The third-order valence-electron chi connectivity index (χ3n) is 3.81. The Hall–Kier alpha value is -1.50. The topological polar surface area (TPSA) is 61.3 Å². The molecule has 0 amide bonds. The van der Waals surface area contributed by atoms with Crippen LogP contribution in [-0.4, -0.2) is 40.5 Å². The molecule has 5 nitrogen and oxygen atoms in total. The zero-order chi connectivity index (χ0) is 17.8.